The van der Waals surface area contributed by atoms with Crippen LogP contribution in [0, 0.1) is 0 Å². The molecule has 2 aromatic rings. The van der Waals surface area contributed by atoms with Gasteiger partial charge in [0.2, 0.25) is 10.0 Å². The monoisotopic (exact) mass is 417 g/mol. The summed E-state index contributed by atoms with van der Waals surface area (Å²) in [6.45, 7) is 7.67. The average Bonchev–Trinajstić information content (AvgIpc) is 2.60. The van der Waals surface area contributed by atoms with Crippen molar-refractivity contribution < 1.29 is 18.0 Å². The Labute approximate surface area is 172 Å². The molecule has 2 rings (SSSR count). The van der Waals surface area contributed by atoms with Crippen LogP contribution in [0.4, 0.5) is 11.4 Å². The smallest absolute Gasteiger partial charge is 0.255 e. The zero-order valence-electron chi connectivity index (χ0n) is 17.3. The van der Waals surface area contributed by atoms with Gasteiger partial charge in [0, 0.05) is 17.6 Å². The van der Waals surface area contributed by atoms with Gasteiger partial charge in [0.05, 0.1) is 23.2 Å². The second-order valence-electron chi connectivity index (χ2n) is 7.68. The van der Waals surface area contributed by atoms with Crippen LogP contribution in [0.5, 0.6) is 0 Å². The molecule has 29 heavy (non-hydrogen) atoms. The Kier molecular flexibility index (Phi) is 6.69. The lowest BCUT2D eigenvalue weighted by Gasteiger charge is -2.22. The number of nitrogens with one attached hydrogen (secondary N) is 2. The van der Waals surface area contributed by atoms with Gasteiger partial charge in [-0.1, -0.05) is 12.1 Å². The van der Waals surface area contributed by atoms with E-state index < -0.39 is 21.5 Å². The number of rotatable bonds is 6. The first-order valence-corrected chi connectivity index (χ1v) is 11.1. The summed E-state index contributed by atoms with van der Waals surface area (Å²) in [6.07, 6.45) is 1.14. The lowest BCUT2D eigenvalue weighted by molar-refractivity contribution is 0.0920. The SMILES string of the molecule is CCN(c1ccc(C(=O)Nc2ccccc2C(=O)NC(C)(C)C)cc1)S(C)(=O)=O. The number of amides is 2. The Bertz CT molecular complexity index is 993. The third kappa shape index (κ3) is 6.05. The van der Waals surface area contributed by atoms with E-state index in [0.717, 1.165) is 6.26 Å². The Hall–Kier alpha value is -2.87. The lowest BCUT2D eigenvalue weighted by Crippen LogP contribution is -2.40. The number of benzene rings is 2. The molecule has 2 amide bonds. The van der Waals surface area contributed by atoms with Crippen LogP contribution in [0.2, 0.25) is 0 Å². The molecule has 156 valence electrons. The van der Waals surface area contributed by atoms with Gasteiger partial charge >= 0.3 is 0 Å². The van der Waals surface area contributed by atoms with Crippen molar-refractivity contribution in [3.05, 3.63) is 59.7 Å². The number of carbonyl (C=O) groups is 2. The van der Waals surface area contributed by atoms with Crippen molar-refractivity contribution in [2.75, 3.05) is 22.4 Å². The molecular weight excluding hydrogens is 390 g/mol. The Balaban J connectivity index is 2.22. The van der Waals surface area contributed by atoms with Crippen molar-refractivity contribution in [3.8, 4) is 0 Å². The second-order valence-corrected chi connectivity index (χ2v) is 9.59. The highest BCUT2D eigenvalue weighted by Crippen LogP contribution is 2.20. The van der Waals surface area contributed by atoms with Crippen LogP contribution in [-0.4, -0.2) is 38.6 Å². The van der Waals surface area contributed by atoms with Crippen LogP contribution < -0.4 is 14.9 Å². The summed E-state index contributed by atoms with van der Waals surface area (Å²) in [7, 11) is -3.39. The van der Waals surface area contributed by atoms with Gasteiger partial charge in [-0.3, -0.25) is 13.9 Å². The number of hydrogen-bond donors (Lipinski definition) is 2. The van der Waals surface area contributed by atoms with Crippen LogP contribution in [0.1, 0.15) is 48.4 Å². The average molecular weight is 418 g/mol. The van der Waals surface area contributed by atoms with E-state index in [-0.39, 0.29) is 5.91 Å². The van der Waals surface area contributed by atoms with E-state index in [0.29, 0.717) is 29.0 Å². The van der Waals surface area contributed by atoms with Gasteiger partial charge in [-0.25, -0.2) is 8.42 Å². The van der Waals surface area contributed by atoms with E-state index in [1.54, 1.807) is 55.5 Å². The van der Waals surface area contributed by atoms with Gasteiger partial charge in [-0.2, -0.15) is 0 Å². The molecule has 0 saturated carbocycles. The molecule has 0 heterocycles. The molecule has 0 atom stereocenters. The maximum atomic E-state index is 12.6. The quantitative estimate of drug-likeness (QED) is 0.754. The number of sulfonamides is 1. The van der Waals surface area contributed by atoms with Crippen LogP contribution >= 0.6 is 0 Å². The number of hydrogen-bond acceptors (Lipinski definition) is 4. The van der Waals surface area contributed by atoms with E-state index in [1.165, 1.54) is 4.31 Å². The minimum Gasteiger partial charge on any atom is -0.347 e. The fourth-order valence-corrected chi connectivity index (χ4v) is 3.75. The standard InChI is InChI=1S/C21H27N3O4S/c1-6-24(29(5,27)28)16-13-11-15(12-14-16)19(25)22-18-10-8-7-9-17(18)20(26)23-21(2,3)4/h7-14H,6H2,1-5H3,(H,22,25)(H,23,26). The molecule has 0 aliphatic rings. The third-order valence-corrected chi connectivity index (χ3v) is 5.28. The van der Waals surface area contributed by atoms with E-state index in [4.69, 9.17) is 0 Å². The Morgan fingerprint density at radius 3 is 2.07 bits per heavy atom. The number of carbonyl (C=O) groups excluding carboxylic acids is 2. The topological polar surface area (TPSA) is 95.6 Å². The first-order valence-electron chi connectivity index (χ1n) is 9.23. The molecule has 0 fully saturated rings. The lowest BCUT2D eigenvalue weighted by atomic mass is 10.1. The molecule has 0 radical (unpaired) electrons. The highest BCUT2D eigenvalue weighted by Gasteiger charge is 2.19. The second kappa shape index (κ2) is 8.65. The largest absolute Gasteiger partial charge is 0.347 e. The third-order valence-electron chi connectivity index (χ3n) is 4.01. The van der Waals surface area contributed by atoms with Crippen molar-refractivity contribution >= 4 is 33.2 Å². The molecule has 8 heteroatoms. The molecule has 0 aliphatic carbocycles. The molecule has 0 aromatic heterocycles. The highest BCUT2D eigenvalue weighted by atomic mass is 32.2. The van der Waals surface area contributed by atoms with Crippen molar-refractivity contribution in [1.82, 2.24) is 5.32 Å². The fraction of sp³-hybridized carbons (Fsp3) is 0.333. The van der Waals surface area contributed by atoms with Crippen LogP contribution in [-0.2, 0) is 10.0 Å². The summed E-state index contributed by atoms with van der Waals surface area (Å²) >= 11 is 0. The van der Waals surface area contributed by atoms with E-state index in [2.05, 4.69) is 10.6 Å². The number of anilines is 2. The van der Waals surface area contributed by atoms with Gasteiger partial charge < -0.3 is 10.6 Å². The summed E-state index contributed by atoms with van der Waals surface area (Å²) < 4.78 is 24.9. The molecular formula is C21H27N3O4S. The Morgan fingerprint density at radius 1 is 0.966 bits per heavy atom. The molecule has 0 saturated heterocycles. The predicted molar refractivity (Wildman–Crippen MR) is 116 cm³/mol. The summed E-state index contributed by atoms with van der Waals surface area (Å²) in [5.74, 6) is -0.676. The van der Waals surface area contributed by atoms with E-state index >= 15 is 0 Å². The fourth-order valence-electron chi connectivity index (χ4n) is 2.78. The van der Waals surface area contributed by atoms with Gasteiger partial charge in [-0.15, -0.1) is 0 Å². The van der Waals surface area contributed by atoms with Crippen molar-refractivity contribution in [2.45, 2.75) is 33.2 Å². The number of para-hydroxylation sites is 1. The maximum Gasteiger partial charge on any atom is 0.255 e. The molecule has 2 N–H and O–H groups in total. The molecule has 0 bridgehead atoms. The normalized spacial score (nSPS) is 11.6. The van der Waals surface area contributed by atoms with Crippen LogP contribution in [0.25, 0.3) is 0 Å². The van der Waals surface area contributed by atoms with Gasteiger partial charge in [0.15, 0.2) is 0 Å². The summed E-state index contributed by atoms with van der Waals surface area (Å²) in [5, 5.41) is 5.63. The van der Waals surface area contributed by atoms with Gasteiger partial charge in [-0.05, 0) is 64.1 Å². The molecule has 0 aliphatic heterocycles. The highest BCUT2D eigenvalue weighted by molar-refractivity contribution is 7.92. The van der Waals surface area contributed by atoms with Gasteiger partial charge in [0.25, 0.3) is 11.8 Å². The van der Waals surface area contributed by atoms with Crippen molar-refractivity contribution in [1.29, 1.82) is 0 Å². The summed E-state index contributed by atoms with van der Waals surface area (Å²) in [6, 6.07) is 13.0. The maximum absolute atomic E-state index is 12.6. The summed E-state index contributed by atoms with van der Waals surface area (Å²) in [4.78, 5) is 25.2. The first-order chi connectivity index (χ1) is 13.4. The summed E-state index contributed by atoms with van der Waals surface area (Å²) in [5.41, 5.74) is 1.19. The Morgan fingerprint density at radius 2 is 1.55 bits per heavy atom. The molecule has 2 aromatic carbocycles. The first kappa shape index (κ1) is 22.4. The van der Waals surface area contributed by atoms with E-state index in [9.17, 15) is 18.0 Å². The van der Waals surface area contributed by atoms with Crippen LogP contribution in [0.3, 0.4) is 0 Å². The molecule has 0 spiro atoms. The molecule has 7 nitrogen and oxygen atoms in total. The minimum atomic E-state index is -3.39. The van der Waals surface area contributed by atoms with E-state index in [1.807, 2.05) is 20.8 Å². The predicted octanol–water partition coefficient (Wildman–Crippen LogP) is 3.25. The minimum absolute atomic E-state index is 0.282. The van der Waals surface area contributed by atoms with Gasteiger partial charge in [0.1, 0.15) is 0 Å². The zero-order valence-corrected chi connectivity index (χ0v) is 18.1. The van der Waals surface area contributed by atoms with Crippen molar-refractivity contribution in [3.63, 3.8) is 0 Å². The zero-order chi connectivity index (χ0) is 21.8. The van der Waals surface area contributed by atoms with Crippen LogP contribution in [0.15, 0.2) is 48.5 Å². The molecule has 0 unspecified atom stereocenters. The van der Waals surface area contributed by atoms with Crippen molar-refractivity contribution in [2.24, 2.45) is 0 Å². The number of nitrogens with zero attached hydrogens (tertiary/aromatic N) is 1.